The van der Waals surface area contributed by atoms with Gasteiger partial charge in [0.15, 0.2) is 5.65 Å². The summed E-state index contributed by atoms with van der Waals surface area (Å²) in [6.07, 6.45) is 3.67. The summed E-state index contributed by atoms with van der Waals surface area (Å²) in [5.41, 5.74) is 1.81. The number of nitrogens with one attached hydrogen (secondary N) is 1. The highest BCUT2D eigenvalue weighted by molar-refractivity contribution is 5.72. The van der Waals surface area contributed by atoms with E-state index in [1.165, 1.54) is 5.69 Å². The molecular weight excluding hydrogens is 280 g/mol. The molecule has 3 aromatic heterocycles. The molecule has 0 aliphatic carbocycles. The van der Waals surface area contributed by atoms with E-state index in [4.69, 9.17) is 0 Å². The van der Waals surface area contributed by atoms with E-state index in [0.29, 0.717) is 29.4 Å². The normalized spacial score (nSPS) is 18.7. The van der Waals surface area contributed by atoms with Crippen molar-refractivity contribution in [2.45, 2.75) is 26.1 Å². The number of rotatable bonds is 2. The number of nitrogens with zero attached hydrogens (tertiary/aromatic N) is 5. The Labute approximate surface area is 127 Å². The summed E-state index contributed by atoms with van der Waals surface area (Å²) in [5, 5.41) is 4.63. The van der Waals surface area contributed by atoms with Crippen LogP contribution in [0.1, 0.15) is 24.5 Å². The molecule has 1 atom stereocenters. The molecule has 4 heterocycles. The molecular formula is C15H18N6O. The average Bonchev–Trinajstić information content (AvgIpc) is 3.10. The van der Waals surface area contributed by atoms with Crippen molar-refractivity contribution in [1.82, 2.24) is 29.2 Å². The Morgan fingerprint density at radius 1 is 1.41 bits per heavy atom. The summed E-state index contributed by atoms with van der Waals surface area (Å²) in [4.78, 5) is 21.9. The minimum absolute atomic E-state index is 0.124. The lowest BCUT2D eigenvalue weighted by atomic mass is 10.1. The van der Waals surface area contributed by atoms with Gasteiger partial charge in [-0.25, -0.2) is 4.98 Å². The second-order valence-electron chi connectivity index (χ2n) is 5.79. The summed E-state index contributed by atoms with van der Waals surface area (Å²) in [7, 11) is 1.80. The summed E-state index contributed by atoms with van der Waals surface area (Å²) < 4.78 is 3.92. The fourth-order valence-electron chi connectivity index (χ4n) is 3.19. The van der Waals surface area contributed by atoms with Crippen LogP contribution < -0.4 is 5.56 Å². The molecule has 22 heavy (non-hydrogen) atoms. The van der Waals surface area contributed by atoms with Crippen LogP contribution in [0.3, 0.4) is 0 Å². The fourth-order valence-corrected chi connectivity index (χ4v) is 3.19. The minimum Gasteiger partial charge on any atom is -0.349 e. The van der Waals surface area contributed by atoms with Gasteiger partial charge in [-0.1, -0.05) is 0 Å². The predicted molar refractivity (Wildman–Crippen MR) is 82.4 cm³/mol. The lowest BCUT2D eigenvalue weighted by Crippen LogP contribution is -2.36. The van der Waals surface area contributed by atoms with E-state index in [1.54, 1.807) is 17.9 Å². The second-order valence-corrected chi connectivity index (χ2v) is 5.79. The number of aromatic amines is 1. The Bertz CT molecular complexity index is 889. The molecule has 3 aromatic rings. The van der Waals surface area contributed by atoms with Crippen molar-refractivity contribution in [1.29, 1.82) is 0 Å². The third kappa shape index (κ3) is 1.97. The zero-order chi connectivity index (χ0) is 15.3. The van der Waals surface area contributed by atoms with Gasteiger partial charge in [-0.05, 0) is 19.1 Å². The van der Waals surface area contributed by atoms with Crippen molar-refractivity contribution in [3.05, 3.63) is 46.4 Å². The van der Waals surface area contributed by atoms with Crippen molar-refractivity contribution in [3.63, 3.8) is 0 Å². The van der Waals surface area contributed by atoms with Crippen LogP contribution in [0.25, 0.3) is 11.0 Å². The van der Waals surface area contributed by atoms with E-state index in [-0.39, 0.29) is 5.56 Å². The number of hydrogen-bond acceptors (Lipinski definition) is 4. The monoisotopic (exact) mass is 298 g/mol. The van der Waals surface area contributed by atoms with Crippen molar-refractivity contribution in [2.75, 3.05) is 6.54 Å². The molecule has 4 rings (SSSR count). The molecule has 7 nitrogen and oxygen atoms in total. The first-order valence-corrected chi connectivity index (χ1v) is 7.43. The van der Waals surface area contributed by atoms with Crippen LogP contribution in [0.15, 0.2) is 29.3 Å². The third-order valence-corrected chi connectivity index (χ3v) is 4.47. The maximum absolute atomic E-state index is 12.1. The Balaban J connectivity index is 1.67. The van der Waals surface area contributed by atoms with E-state index in [9.17, 15) is 4.79 Å². The lowest BCUT2D eigenvalue weighted by Gasteiger charge is -2.34. The van der Waals surface area contributed by atoms with Crippen LogP contribution in [0.5, 0.6) is 0 Å². The molecule has 1 aliphatic rings. The molecule has 0 fully saturated rings. The molecule has 0 saturated heterocycles. The summed E-state index contributed by atoms with van der Waals surface area (Å²) in [6, 6.07) is 4.53. The van der Waals surface area contributed by atoms with Gasteiger partial charge in [0.2, 0.25) is 0 Å². The Kier molecular flexibility index (Phi) is 2.90. The summed E-state index contributed by atoms with van der Waals surface area (Å²) in [5.74, 6) is 0.688. The van der Waals surface area contributed by atoms with Gasteiger partial charge >= 0.3 is 0 Å². The molecule has 1 N–H and O–H groups in total. The molecule has 0 amide bonds. The lowest BCUT2D eigenvalue weighted by molar-refractivity contribution is 0.157. The number of hydrogen-bond donors (Lipinski definition) is 1. The van der Waals surface area contributed by atoms with Crippen LogP contribution in [0.4, 0.5) is 0 Å². The smallest absolute Gasteiger partial charge is 0.262 e. The SMILES string of the molecule is C[C@@H]1c2cccn2CCN1Cc1nc2c(cnn2C)c(=O)[nH]1. The van der Waals surface area contributed by atoms with Crippen LogP contribution in [-0.4, -0.2) is 35.8 Å². The minimum atomic E-state index is -0.124. The van der Waals surface area contributed by atoms with Crippen LogP contribution in [0.2, 0.25) is 0 Å². The summed E-state index contributed by atoms with van der Waals surface area (Å²) >= 11 is 0. The van der Waals surface area contributed by atoms with Crippen LogP contribution in [-0.2, 0) is 20.1 Å². The maximum atomic E-state index is 12.1. The van der Waals surface area contributed by atoms with Gasteiger partial charge in [-0.15, -0.1) is 0 Å². The second kappa shape index (κ2) is 4.81. The quantitative estimate of drug-likeness (QED) is 0.767. The first kappa shape index (κ1) is 13.3. The van der Waals surface area contributed by atoms with E-state index in [0.717, 1.165) is 13.1 Å². The fraction of sp³-hybridized carbons (Fsp3) is 0.400. The van der Waals surface area contributed by atoms with Crippen molar-refractivity contribution in [2.24, 2.45) is 7.05 Å². The zero-order valence-electron chi connectivity index (χ0n) is 12.7. The Hall–Kier alpha value is -2.41. The highest BCUT2D eigenvalue weighted by Gasteiger charge is 2.24. The summed E-state index contributed by atoms with van der Waals surface area (Å²) in [6.45, 7) is 4.72. The van der Waals surface area contributed by atoms with Gasteiger partial charge in [-0.2, -0.15) is 5.10 Å². The maximum Gasteiger partial charge on any atom is 0.262 e. The number of aromatic nitrogens is 5. The predicted octanol–water partition coefficient (Wildman–Crippen LogP) is 1.03. The van der Waals surface area contributed by atoms with Crippen LogP contribution in [0, 0.1) is 0 Å². The molecule has 0 saturated carbocycles. The Morgan fingerprint density at radius 2 is 2.27 bits per heavy atom. The van der Waals surface area contributed by atoms with Gasteiger partial charge in [0, 0.05) is 38.1 Å². The number of aryl methyl sites for hydroxylation is 1. The largest absolute Gasteiger partial charge is 0.349 e. The van der Waals surface area contributed by atoms with Gasteiger partial charge in [0.25, 0.3) is 5.56 Å². The number of H-pyrrole nitrogens is 1. The molecule has 1 aliphatic heterocycles. The molecule has 7 heteroatoms. The van der Waals surface area contributed by atoms with Gasteiger partial charge < -0.3 is 9.55 Å². The average molecular weight is 298 g/mol. The molecule has 0 aromatic carbocycles. The first-order chi connectivity index (χ1) is 10.6. The molecule has 0 spiro atoms. The van der Waals surface area contributed by atoms with Crippen molar-refractivity contribution in [3.8, 4) is 0 Å². The van der Waals surface area contributed by atoms with Crippen molar-refractivity contribution < 1.29 is 0 Å². The molecule has 0 bridgehead atoms. The highest BCUT2D eigenvalue weighted by Crippen LogP contribution is 2.26. The molecule has 0 radical (unpaired) electrons. The molecule has 0 unspecified atom stereocenters. The Morgan fingerprint density at radius 3 is 3.14 bits per heavy atom. The third-order valence-electron chi connectivity index (χ3n) is 4.47. The molecule has 114 valence electrons. The topological polar surface area (TPSA) is 71.7 Å². The highest BCUT2D eigenvalue weighted by atomic mass is 16.1. The van der Waals surface area contributed by atoms with E-state index < -0.39 is 0 Å². The number of fused-ring (bicyclic) bond motifs is 2. The van der Waals surface area contributed by atoms with Gasteiger partial charge in [0.1, 0.15) is 11.2 Å². The zero-order valence-corrected chi connectivity index (χ0v) is 12.7. The van der Waals surface area contributed by atoms with Crippen LogP contribution >= 0.6 is 0 Å². The standard InChI is InChI=1S/C15H18N6O/c1-10-12-4-3-5-20(12)6-7-21(10)9-13-17-14-11(15(22)18-13)8-16-19(14)2/h3-5,8,10H,6-7,9H2,1-2H3,(H,17,18,22)/t10-/m1/s1. The van der Waals surface area contributed by atoms with E-state index in [2.05, 4.69) is 49.8 Å². The van der Waals surface area contributed by atoms with Gasteiger partial charge in [0.05, 0.1) is 12.7 Å². The first-order valence-electron chi connectivity index (χ1n) is 7.43. The van der Waals surface area contributed by atoms with Crippen molar-refractivity contribution >= 4 is 11.0 Å². The van der Waals surface area contributed by atoms with Gasteiger partial charge in [-0.3, -0.25) is 14.4 Å². The van der Waals surface area contributed by atoms with E-state index in [1.807, 2.05) is 0 Å². The van der Waals surface area contributed by atoms with E-state index >= 15 is 0 Å².